The Morgan fingerprint density at radius 1 is 1.17 bits per heavy atom. The maximum atomic E-state index is 12.1. The lowest BCUT2D eigenvalue weighted by Gasteiger charge is -2.02. The Hall–Kier alpha value is -1.85. The first kappa shape index (κ1) is 16.0. The number of carbonyl (C=O) groups is 1. The Bertz CT molecular complexity index is 843. The lowest BCUT2D eigenvalue weighted by Crippen LogP contribution is -2.19. The van der Waals surface area contributed by atoms with Crippen LogP contribution >= 0.6 is 27.7 Å². The molecule has 5 heteroatoms. The average Bonchev–Trinajstić information content (AvgIpc) is 2.84. The fourth-order valence-corrected chi connectivity index (χ4v) is 3.48. The number of hydrogen-bond acceptors (Lipinski definition) is 3. The second-order valence-electron chi connectivity index (χ2n) is 5.29. The van der Waals surface area contributed by atoms with Crippen LogP contribution in [0.25, 0.3) is 6.08 Å². The number of nitrogens with zero attached hydrogens (tertiary/aromatic N) is 1. The minimum atomic E-state index is -0.116. The molecule has 1 fully saturated rings. The molecule has 1 heterocycles. The van der Waals surface area contributed by atoms with E-state index in [-0.39, 0.29) is 5.91 Å². The van der Waals surface area contributed by atoms with Crippen molar-refractivity contribution in [3.05, 3.63) is 68.5 Å². The molecule has 3 rings (SSSR count). The van der Waals surface area contributed by atoms with Gasteiger partial charge in [0.1, 0.15) is 0 Å². The molecule has 116 valence electrons. The first-order valence-electron chi connectivity index (χ1n) is 7.14. The maximum Gasteiger partial charge on any atom is 0.264 e. The van der Waals surface area contributed by atoms with E-state index in [4.69, 9.17) is 0 Å². The molecule has 3 nitrogen and oxygen atoms in total. The molecular formula is C18H15BrN2OS. The quantitative estimate of drug-likeness (QED) is 0.741. The molecule has 2 aromatic carbocycles. The summed E-state index contributed by atoms with van der Waals surface area (Å²) >= 11 is 4.85. The second-order valence-corrected chi connectivity index (χ2v) is 7.18. The fourth-order valence-electron chi connectivity index (χ4n) is 2.25. The number of aryl methyl sites for hydroxylation is 2. The summed E-state index contributed by atoms with van der Waals surface area (Å²) in [6.07, 6.45) is 1.87. The Labute approximate surface area is 148 Å². The highest BCUT2D eigenvalue weighted by atomic mass is 79.9. The number of thioether (sulfide) groups is 1. The Morgan fingerprint density at radius 3 is 2.70 bits per heavy atom. The highest BCUT2D eigenvalue weighted by Gasteiger charge is 2.24. The number of amidine groups is 1. The van der Waals surface area contributed by atoms with E-state index in [2.05, 4.69) is 39.2 Å². The second kappa shape index (κ2) is 6.72. The number of aliphatic imine (C=N–C) groups is 1. The summed E-state index contributed by atoms with van der Waals surface area (Å²) in [5.41, 5.74) is 4.14. The van der Waals surface area contributed by atoms with Crippen LogP contribution in [0.2, 0.25) is 0 Å². The van der Waals surface area contributed by atoms with E-state index >= 15 is 0 Å². The molecule has 1 N–H and O–H groups in total. The van der Waals surface area contributed by atoms with E-state index < -0.39 is 0 Å². The summed E-state index contributed by atoms with van der Waals surface area (Å²) in [7, 11) is 0. The van der Waals surface area contributed by atoms with Crippen LogP contribution in [0.1, 0.15) is 16.7 Å². The first-order chi connectivity index (χ1) is 11.0. The third-order valence-electron chi connectivity index (χ3n) is 3.42. The zero-order chi connectivity index (χ0) is 16.4. The van der Waals surface area contributed by atoms with Gasteiger partial charge in [-0.05, 0) is 54.9 Å². The molecule has 0 atom stereocenters. The molecule has 1 saturated heterocycles. The number of amides is 1. The molecule has 0 spiro atoms. The van der Waals surface area contributed by atoms with Gasteiger partial charge in [-0.15, -0.1) is 0 Å². The Kier molecular flexibility index (Phi) is 4.68. The van der Waals surface area contributed by atoms with Crippen molar-refractivity contribution < 1.29 is 4.79 Å². The van der Waals surface area contributed by atoms with Crippen LogP contribution < -0.4 is 5.32 Å². The molecular weight excluding hydrogens is 372 g/mol. The summed E-state index contributed by atoms with van der Waals surface area (Å²) in [6.45, 7) is 4.07. The molecule has 1 aliphatic heterocycles. The molecule has 1 amide bonds. The highest BCUT2D eigenvalue weighted by Crippen LogP contribution is 2.30. The summed E-state index contributed by atoms with van der Waals surface area (Å²) in [4.78, 5) is 17.3. The first-order valence-corrected chi connectivity index (χ1v) is 8.75. The zero-order valence-corrected chi connectivity index (χ0v) is 15.2. The van der Waals surface area contributed by atoms with Gasteiger partial charge in [0.05, 0.1) is 10.6 Å². The Balaban J connectivity index is 1.88. The summed E-state index contributed by atoms with van der Waals surface area (Å²) in [5.74, 6) is -0.116. The maximum absolute atomic E-state index is 12.1. The van der Waals surface area contributed by atoms with Gasteiger partial charge in [0, 0.05) is 4.47 Å². The van der Waals surface area contributed by atoms with E-state index in [9.17, 15) is 4.79 Å². The number of carbonyl (C=O) groups excluding carboxylic acids is 1. The third kappa shape index (κ3) is 3.74. The van der Waals surface area contributed by atoms with Crippen molar-refractivity contribution in [2.24, 2.45) is 4.99 Å². The van der Waals surface area contributed by atoms with Crippen molar-refractivity contribution in [3.63, 3.8) is 0 Å². The number of rotatable bonds is 2. The van der Waals surface area contributed by atoms with Crippen LogP contribution in [0.3, 0.4) is 0 Å². The molecule has 1 aliphatic rings. The van der Waals surface area contributed by atoms with Crippen molar-refractivity contribution in [1.82, 2.24) is 5.32 Å². The monoisotopic (exact) mass is 386 g/mol. The Morgan fingerprint density at radius 2 is 1.96 bits per heavy atom. The lowest BCUT2D eigenvalue weighted by molar-refractivity contribution is -0.115. The van der Waals surface area contributed by atoms with E-state index in [1.807, 2.05) is 49.4 Å². The molecule has 0 aliphatic carbocycles. The predicted octanol–water partition coefficient (Wildman–Crippen LogP) is 4.96. The van der Waals surface area contributed by atoms with Crippen LogP contribution in [-0.4, -0.2) is 11.1 Å². The van der Waals surface area contributed by atoms with Gasteiger partial charge in [0.2, 0.25) is 0 Å². The summed E-state index contributed by atoms with van der Waals surface area (Å²) in [6, 6.07) is 13.9. The topological polar surface area (TPSA) is 41.5 Å². The van der Waals surface area contributed by atoms with Crippen molar-refractivity contribution in [2.45, 2.75) is 13.8 Å². The van der Waals surface area contributed by atoms with E-state index in [0.717, 1.165) is 21.3 Å². The molecule has 0 unspecified atom stereocenters. The van der Waals surface area contributed by atoms with Gasteiger partial charge >= 0.3 is 0 Å². The molecule has 0 aromatic heterocycles. The normalized spacial score (nSPS) is 17.8. The average molecular weight is 387 g/mol. The van der Waals surface area contributed by atoms with Gasteiger partial charge in [-0.3, -0.25) is 4.79 Å². The van der Waals surface area contributed by atoms with Gasteiger partial charge in [-0.25, -0.2) is 4.99 Å². The van der Waals surface area contributed by atoms with Crippen LogP contribution in [0.4, 0.5) is 5.69 Å². The van der Waals surface area contributed by atoms with Crippen LogP contribution in [0, 0.1) is 13.8 Å². The number of benzene rings is 2. The largest absolute Gasteiger partial charge is 0.300 e. The van der Waals surface area contributed by atoms with Crippen molar-refractivity contribution >= 4 is 50.5 Å². The van der Waals surface area contributed by atoms with Gasteiger partial charge in [-0.2, -0.15) is 0 Å². The number of halogens is 1. The van der Waals surface area contributed by atoms with E-state index in [1.165, 1.54) is 17.3 Å². The van der Waals surface area contributed by atoms with E-state index in [1.54, 1.807) is 0 Å². The molecule has 0 bridgehead atoms. The van der Waals surface area contributed by atoms with Gasteiger partial charge < -0.3 is 5.32 Å². The van der Waals surface area contributed by atoms with Crippen LogP contribution in [-0.2, 0) is 4.79 Å². The highest BCUT2D eigenvalue weighted by molar-refractivity contribution is 9.10. The molecule has 0 saturated carbocycles. The summed E-state index contributed by atoms with van der Waals surface area (Å²) in [5, 5.41) is 3.44. The van der Waals surface area contributed by atoms with E-state index in [0.29, 0.717) is 10.1 Å². The van der Waals surface area contributed by atoms with Crippen molar-refractivity contribution in [2.75, 3.05) is 0 Å². The van der Waals surface area contributed by atoms with Crippen LogP contribution in [0.15, 0.2) is 56.8 Å². The lowest BCUT2D eigenvalue weighted by atomic mass is 10.1. The molecule has 2 aromatic rings. The minimum absolute atomic E-state index is 0.116. The summed E-state index contributed by atoms with van der Waals surface area (Å²) < 4.78 is 0.959. The third-order valence-corrected chi connectivity index (χ3v) is 5.05. The standard InChI is InChI=1S/C18H15BrN2OS/c1-11-7-8-15(12(2)9-11)20-18-21-17(22)16(23-18)10-13-5-3-4-6-14(13)19/h3-10H,1-2H3,(H,20,21,22)/b16-10+. The van der Waals surface area contributed by atoms with Crippen molar-refractivity contribution in [1.29, 1.82) is 0 Å². The predicted molar refractivity (Wildman–Crippen MR) is 101 cm³/mol. The molecule has 23 heavy (non-hydrogen) atoms. The SMILES string of the molecule is Cc1ccc(N=C2NC(=O)/C(=C\c3ccccc3Br)S2)c(C)c1. The van der Waals surface area contributed by atoms with Gasteiger partial charge in [-0.1, -0.05) is 51.8 Å². The number of nitrogens with one attached hydrogen (secondary N) is 1. The fraction of sp³-hybridized carbons (Fsp3) is 0.111. The number of hydrogen-bond donors (Lipinski definition) is 1. The minimum Gasteiger partial charge on any atom is -0.300 e. The van der Waals surface area contributed by atoms with Crippen molar-refractivity contribution in [3.8, 4) is 0 Å². The zero-order valence-electron chi connectivity index (χ0n) is 12.8. The van der Waals surface area contributed by atoms with Gasteiger partial charge in [0.15, 0.2) is 5.17 Å². The van der Waals surface area contributed by atoms with Gasteiger partial charge in [0.25, 0.3) is 5.91 Å². The van der Waals surface area contributed by atoms with Crippen LogP contribution in [0.5, 0.6) is 0 Å². The smallest absolute Gasteiger partial charge is 0.264 e. The molecule has 0 radical (unpaired) electrons.